The number of hydrogen-bond donors (Lipinski definition) is 3. The summed E-state index contributed by atoms with van der Waals surface area (Å²) in [7, 11) is 1.81. The first-order chi connectivity index (χ1) is 15.5. The van der Waals surface area contributed by atoms with E-state index in [-0.39, 0.29) is 12.5 Å². The maximum Gasteiger partial charge on any atom is 0.258 e. The Morgan fingerprint density at radius 2 is 1.91 bits per heavy atom. The number of hydrogen-bond acceptors (Lipinski definition) is 4. The molecule has 2 aliphatic rings. The van der Waals surface area contributed by atoms with Gasteiger partial charge in [0.2, 0.25) is 0 Å². The molecule has 3 rings (SSSR count). The quantitative estimate of drug-likeness (QED) is 0.383. The van der Waals surface area contributed by atoms with E-state index in [1.807, 2.05) is 31.3 Å². The number of nitrogens with zero attached hydrogens (tertiary/aromatic N) is 2. The fourth-order valence-electron chi connectivity index (χ4n) is 4.21. The molecule has 1 aliphatic heterocycles. The topological polar surface area (TPSA) is 78.0 Å². The summed E-state index contributed by atoms with van der Waals surface area (Å²) < 4.78 is 5.66. The van der Waals surface area contributed by atoms with Crippen LogP contribution in [-0.2, 0) is 11.3 Å². The first-order valence-corrected chi connectivity index (χ1v) is 12.2. The maximum atomic E-state index is 11.8. The van der Waals surface area contributed by atoms with E-state index < -0.39 is 0 Å². The van der Waals surface area contributed by atoms with Gasteiger partial charge in [-0.25, -0.2) is 0 Å². The molecule has 1 aromatic carbocycles. The van der Waals surface area contributed by atoms with Crippen molar-refractivity contribution in [2.24, 2.45) is 10.9 Å². The van der Waals surface area contributed by atoms with E-state index in [9.17, 15) is 4.79 Å². The smallest absolute Gasteiger partial charge is 0.258 e. The molecule has 3 N–H and O–H groups in total. The van der Waals surface area contributed by atoms with Gasteiger partial charge in [0.1, 0.15) is 5.75 Å². The molecule has 1 heterocycles. The maximum absolute atomic E-state index is 11.8. The van der Waals surface area contributed by atoms with Crippen LogP contribution >= 0.6 is 0 Å². The molecule has 1 aliphatic carbocycles. The van der Waals surface area contributed by atoms with E-state index in [1.54, 1.807) is 0 Å². The van der Waals surface area contributed by atoms with Crippen LogP contribution in [0.1, 0.15) is 57.9 Å². The van der Waals surface area contributed by atoms with Crippen molar-refractivity contribution >= 4 is 11.9 Å². The van der Waals surface area contributed by atoms with Crippen molar-refractivity contribution in [1.29, 1.82) is 0 Å². The van der Waals surface area contributed by atoms with E-state index in [0.29, 0.717) is 30.3 Å². The van der Waals surface area contributed by atoms with Crippen molar-refractivity contribution in [2.75, 3.05) is 33.3 Å². The highest BCUT2D eigenvalue weighted by Gasteiger charge is 2.24. The number of rotatable bonds is 10. The Morgan fingerprint density at radius 1 is 1.16 bits per heavy atom. The molecule has 1 saturated carbocycles. The van der Waals surface area contributed by atoms with Crippen LogP contribution in [0.3, 0.4) is 0 Å². The number of guanidine groups is 1. The normalized spacial score (nSPS) is 18.7. The lowest BCUT2D eigenvalue weighted by Crippen LogP contribution is -2.49. The summed E-state index contributed by atoms with van der Waals surface area (Å²) in [5, 5.41) is 9.88. The standard InChI is InChI=1S/C25H41N5O2/c1-19(2)23(30-13-6-4-5-7-14-30)17-28-25(26-3)27-16-20-9-8-10-22(15-20)32-18-24(31)29-21-11-12-21/h8-10,15,19,21,23H,4-7,11-14,16-18H2,1-3H3,(H,29,31)(H2,26,27,28). The number of benzene rings is 1. The van der Waals surface area contributed by atoms with Gasteiger partial charge in [0.05, 0.1) is 0 Å². The summed E-state index contributed by atoms with van der Waals surface area (Å²) in [6.07, 6.45) is 7.47. The molecule has 1 aromatic rings. The van der Waals surface area contributed by atoms with Crippen LogP contribution in [0.15, 0.2) is 29.3 Å². The molecule has 2 fully saturated rings. The molecule has 1 amide bonds. The third-order valence-electron chi connectivity index (χ3n) is 6.25. The third kappa shape index (κ3) is 8.34. The first-order valence-electron chi connectivity index (χ1n) is 12.2. The monoisotopic (exact) mass is 443 g/mol. The Morgan fingerprint density at radius 3 is 2.56 bits per heavy atom. The van der Waals surface area contributed by atoms with Gasteiger partial charge in [-0.3, -0.25) is 14.7 Å². The zero-order valence-corrected chi connectivity index (χ0v) is 20.0. The van der Waals surface area contributed by atoms with Crippen LogP contribution in [0.4, 0.5) is 0 Å². The van der Waals surface area contributed by atoms with Gasteiger partial charge in [0.15, 0.2) is 12.6 Å². The minimum atomic E-state index is -0.0512. The summed E-state index contributed by atoms with van der Waals surface area (Å²) in [5.74, 6) is 2.05. The highest BCUT2D eigenvalue weighted by Crippen LogP contribution is 2.19. The van der Waals surface area contributed by atoms with Gasteiger partial charge < -0.3 is 20.7 Å². The largest absolute Gasteiger partial charge is 0.484 e. The number of aliphatic imine (C=N–C) groups is 1. The van der Waals surface area contributed by atoms with Crippen molar-refractivity contribution in [3.05, 3.63) is 29.8 Å². The molecule has 0 bridgehead atoms. The number of ether oxygens (including phenoxy) is 1. The molecule has 1 unspecified atom stereocenters. The lowest BCUT2D eigenvalue weighted by molar-refractivity contribution is -0.123. The Kier molecular flexibility index (Phi) is 9.65. The fraction of sp³-hybridized carbons (Fsp3) is 0.680. The van der Waals surface area contributed by atoms with Crippen molar-refractivity contribution < 1.29 is 9.53 Å². The molecule has 7 heteroatoms. The second-order valence-corrected chi connectivity index (χ2v) is 9.35. The number of likely N-dealkylation sites (tertiary alicyclic amines) is 1. The van der Waals surface area contributed by atoms with Crippen LogP contribution in [-0.4, -0.2) is 62.1 Å². The molecular formula is C25H41N5O2. The molecule has 7 nitrogen and oxygen atoms in total. The lowest BCUT2D eigenvalue weighted by Gasteiger charge is -2.34. The molecule has 0 radical (unpaired) electrons. The minimum absolute atomic E-state index is 0.0512. The highest BCUT2D eigenvalue weighted by molar-refractivity contribution is 5.79. The van der Waals surface area contributed by atoms with E-state index in [1.165, 1.54) is 38.8 Å². The zero-order valence-electron chi connectivity index (χ0n) is 20.0. The molecule has 0 aromatic heterocycles. The Hall–Kier alpha value is -2.28. The predicted octanol–water partition coefficient (Wildman–Crippen LogP) is 2.91. The SMILES string of the molecule is CN=C(NCc1cccc(OCC(=O)NC2CC2)c1)NCC(C(C)C)N1CCCCCC1. The second-order valence-electron chi connectivity index (χ2n) is 9.35. The van der Waals surface area contributed by atoms with Gasteiger partial charge >= 0.3 is 0 Å². The summed E-state index contributed by atoms with van der Waals surface area (Å²) >= 11 is 0. The van der Waals surface area contributed by atoms with Crippen LogP contribution in [0.25, 0.3) is 0 Å². The highest BCUT2D eigenvalue weighted by atomic mass is 16.5. The molecule has 1 saturated heterocycles. The molecule has 32 heavy (non-hydrogen) atoms. The summed E-state index contributed by atoms with van der Waals surface area (Å²) in [6.45, 7) is 8.60. The zero-order chi connectivity index (χ0) is 22.8. The van der Waals surface area contributed by atoms with Crippen LogP contribution < -0.4 is 20.7 Å². The predicted molar refractivity (Wildman–Crippen MR) is 130 cm³/mol. The number of carbonyl (C=O) groups excluding carboxylic acids is 1. The Balaban J connectivity index is 1.45. The Bertz CT molecular complexity index is 740. The minimum Gasteiger partial charge on any atom is -0.484 e. The van der Waals surface area contributed by atoms with Gasteiger partial charge in [-0.05, 0) is 62.4 Å². The number of amides is 1. The van der Waals surface area contributed by atoms with Gasteiger partial charge in [0.25, 0.3) is 5.91 Å². The van der Waals surface area contributed by atoms with Gasteiger partial charge in [0, 0.05) is 32.2 Å². The summed E-state index contributed by atoms with van der Waals surface area (Å²) in [6, 6.07) is 8.72. The molecule has 0 spiro atoms. The van der Waals surface area contributed by atoms with E-state index >= 15 is 0 Å². The average molecular weight is 444 g/mol. The first kappa shape index (κ1) is 24.4. The van der Waals surface area contributed by atoms with Crippen LogP contribution in [0, 0.1) is 5.92 Å². The number of carbonyl (C=O) groups is 1. The fourth-order valence-corrected chi connectivity index (χ4v) is 4.21. The van der Waals surface area contributed by atoms with Crippen molar-refractivity contribution in [3.8, 4) is 5.75 Å². The van der Waals surface area contributed by atoms with Gasteiger partial charge in [-0.1, -0.05) is 38.8 Å². The third-order valence-corrected chi connectivity index (χ3v) is 6.25. The van der Waals surface area contributed by atoms with Crippen molar-refractivity contribution in [2.45, 2.75) is 71.0 Å². The molecule has 1 atom stereocenters. The van der Waals surface area contributed by atoms with Crippen molar-refractivity contribution in [1.82, 2.24) is 20.9 Å². The Labute approximate surface area is 193 Å². The van der Waals surface area contributed by atoms with Gasteiger partial charge in [-0.15, -0.1) is 0 Å². The van der Waals surface area contributed by atoms with Gasteiger partial charge in [-0.2, -0.15) is 0 Å². The average Bonchev–Trinajstić information content (AvgIpc) is 3.62. The lowest BCUT2D eigenvalue weighted by atomic mass is 10.0. The van der Waals surface area contributed by atoms with Crippen LogP contribution in [0.2, 0.25) is 0 Å². The summed E-state index contributed by atoms with van der Waals surface area (Å²) in [4.78, 5) is 18.9. The second kappa shape index (κ2) is 12.7. The van der Waals surface area contributed by atoms with E-state index in [2.05, 4.69) is 39.7 Å². The molecule has 178 valence electrons. The molecular weight excluding hydrogens is 402 g/mol. The number of nitrogens with one attached hydrogen (secondary N) is 3. The van der Waals surface area contributed by atoms with E-state index in [4.69, 9.17) is 4.74 Å². The van der Waals surface area contributed by atoms with Crippen LogP contribution in [0.5, 0.6) is 5.75 Å². The van der Waals surface area contributed by atoms with Crippen molar-refractivity contribution in [3.63, 3.8) is 0 Å². The van der Waals surface area contributed by atoms with E-state index in [0.717, 1.165) is 30.9 Å². The summed E-state index contributed by atoms with van der Waals surface area (Å²) in [5.41, 5.74) is 1.08.